The maximum absolute atomic E-state index is 13.5. The Morgan fingerprint density at radius 1 is 1.11 bits per heavy atom. The first-order chi connectivity index (χ1) is 9.13. The zero-order valence-electron chi connectivity index (χ0n) is 10.00. The Morgan fingerprint density at radius 3 is 2.58 bits per heavy atom. The van der Waals surface area contributed by atoms with Gasteiger partial charge in [-0.3, -0.25) is 0 Å². The summed E-state index contributed by atoms with van der Waals surface area (Å²) in [4.78, 5) is 0. The zero-order valence-corrected chi connectivity index (χ0v) is 10.8. The monoisotopic (exact) mass is 283 g/mol. The molecule has 0 unspecified atom stereocenters. The van der Waals surface area contributed by atoms with E-state index in [4.69, 9.17) is 22.1 Å². The van der Waals surface area contributed by atoms with Crippen molar-refractivity contribution in [2.24, 2.45) is 5.73 Å². The first-order valence-electron chi connectivity index (χ1n) is 5.66. The molecule has 5 heteroatoms. The molecule has 2 rings (SSSR count). The first-order valence-corrected chi connectivity index (χ1v) is 6.04. The fraction of sp³-hybridized carbons (Fsp3) is 0.143. The van der Waals surface area contributed by atoms with Crippen molar-refractivity contribution < 1.29 is 13.5 Å². The quantitative estimate of drug-likeness (QED) is 0.929. The molecule has 0 amide bonds. The Bertz CT molecular complexity index is 590. The van der Waals surface area contributed by atoms with Gasteiger partial charge < -0.3 is 10.5 Å². The van der Waals surface area contributed by atoms with Gasteiger partial charge in [0, 0.05) is 22.7 Å². The molecule has 0 spiro atoms. The standard InChI is InChI=1S/C14H12ClF2NO/c15-11-4-2-6-13(10(11)7-18)19-8-9-3-1-5-12(16)14(9)17/h1-6H,7-8,18H2. The first kappa shape index (κ1) is 13.8. The summed E-state index contributed by atoms with van der Waals surface area (Å²) in [5.41, 5.74) is 6.36. The minimum Gasteiger partial charge on any atom is -0.488 e. The SMILES string of the molecule is NCc1c(Cl)cccc1OCc1cccc(F)c1F. The van der Waals surface area contributed by atoms with Crippen LogP contribution in [0.2, 0.25) is 5.02 Å². The van der Waals surface area contributed by atoms with Gasteiger partial charge in [0.1, 0.15) is 12.4 Å². The molecule has 0 aliphatic rings. The van der Waals surface area contributed by atoms with Gasteiger partial charge in [0.15, 0.2) is 11.6 Å². The highest BCUT2D eigenvalue weighted by atomic mass is 35.5. The molecule has 100 valence electrons. The molecule has 2 N–H and O–H groups in total. The van der Waals surface area contributed by atoms with E-state index in [2.05, 4.69) is 0 Å². The number of benzene rings is 2. The van der Waals surface area contributed by atoms with E-state index < -0.39 is 11.6 Å². The number of nitrogens with two attached hydrogens (primary N) is 1. The molecule has 0 aliphatic heterocycles. The van der Waals surface area contributed by atoms with E-state index >= 15 is 0 Å². The lowest BCUT2D eigenvalue weighted by molar-refractivity contribution is 0.294. The van der Waals surface area contributed by atoms with Gasteiger partial charge in [-0.15, -0.1) is 0 Å². The summed E-state index contributed by atoms with van der Waals surface area (Å²) < 4.78 is 32.0. The van der Waals surface area contributed by atoms with Crippen molar-refractivity contribution >= 4 is 11.6 Å². The van der Waals surface area contributed by atoms with Gasteiger partial charge in [-0.05, 0) is 18.2 Å². The smallest absolute Gasteiger partial charge is 0.165 e. The van der Waals surface area contributed by atoms with Gasteiger partial charge >= 0.3 is 0 Å². The third-order valence-electron chi connectivity index (χ3n) is 2.69. The summed E-state index contributed by atoms with van der Waals surface area (Å²) in [7, 11) is 0. The van der Waals surface area contributed by atoms with Crippen LogP contribution in [0.4, 0.5) is 8.78 Å². The maximum atomic E-state index is 13.5. The van der Waals surface area contributed by atoms with Crippen LogP contribution in [0.25, 0.3) is 0 Å². The maximum Gasteiger partial charge on any atom is 0.165 e. The molecule has 0 heterocycles. The number of halogens is 3. The molecule has 2 aromatic rings. The molecule has 19 heavy (non-hydrogen) atoms. The van der Waals surface area contributed by atoms with Crippen LogP contribution in [0, 0.1) is 11.6 Å². The summed E-state index contributed by atoms with van der Waals surface area (Å²) in [6.07, 6.45) is 0. The normalized spacial score (nSPS) is 10.5. The van der Waals surface area contributed by atoms with Crippen molar-refractivity contribution in [3.63, 3.8) is 0 Å². The lowest BCUT2D eigenvalue weighted by atomic mass is 10.2. The number of hydrogen-bond acceptors (Lipinski definition) is 2. The number of ether oxygens (including phenoxy) is 1. The van der Waals surface area contributed by atoms with E-state index in [0.29, 0.717) is 16.3 Å². The second-order valence-electron chi connectivity index (χ2n) is 3.92. The third-order valence-corrected chi connectivity index (χ3v) is 3.05. The van der Waals surface area contributed by atoms with Crippen LogP contribution in [-0.2, 0) is 13.2 Å². The Kier molecular flexibility index (Phi) is 4.35. The lowest BCUT2D eigenvalue weighted by Crippen LogP contribution is -2.05. The molecule has 2 aromatic carbocycles. The van der Waals surface area contributed by atoms with Crippen molar-refractivity contribution in [3.05, 3.63) is 64.2 Å². The second kappa shape index (κ2) is 5.99. The van der Waals surface area contributed by atoms with Crippen LogP contribution in [0.3, 0.4) is 0 Å². The predicted octanol–water partition coefficient (Wildman–Crippen LogP) is 3.66. The molecule has 0 bridgehead atoms. The fourth-order valence-corrected chi connectivity index (χ4v) is 1.93. The lowest BCUT2D eigenvalue weighted by Gasteiger charge is -2.12. The largest absolute Gasteiger partial charge is 0.488 e. The van der Waals surface area contributed by atoms with Crippen LogP contribution in [0.15, 0.2) is 36.4 Å². The highest BCUT2D eigenvalue weighted by molar-refractivity contribution is 6.31. The van der Waals surface area contributed by atoms with E-state index in [-0.39, 0.29) is 18.7 Å². The topological polar surface area (TPSA) is 35.2 Å². The molecule has 0 aliphatic carbocycles. The molecular formula is C14H12ClF2NO. The van der Waals surface area contributed by atoms with E-state index in [9.17, 15) is 8.78 Å². The van der Waals surface area contributed by atoms with Crippen LogP contribution in [-0.4, -0.2) is 0 Å². The molecule has 0 saturated heterocycles. The minimum absolute atomic E-state index is 0.0864. The van der Waals surface area contributed by atoms with E-state index in [0.717, 1.165) is 6.07 Å². The van der Waals surface area contributed by atoms with Gasteiger partial charge in [-0.1, -0.05) is 29.8 Å². The summed E-state index contributed by atoms with van der Waals surface area (Å²) in [6.45, 7) is 0.123. The van der Waals surface area contributed by atoms with Gasteiger partial charge in [-0.25, -0.2) is 8.78 Å². The van der Waals surface area contributed by atoms with Gasteiger partial charge in [0.25, 0.3) is 0 Å². The zero-order chi connectivity index (χ0) is 13.8. The molecular weight excluding hydrogens is 272 g/mol. The van der Waals surface area contributed by atoms with Gasteiger partial charge in [0.2, 0.25) is 0 Å². The van der Waals surface area contributed by atoms with E-state index in [1.165, 1.54) is 12.1 Å². The third kappa shape index (κ3) is 3.03. The average Bonchev–Trinajstić information content (AvgIpc) is 2.40. The summed E-state index contributed by atoms with van der Waals surface area (Å²) in [6, 6.07) is 9.04. The van der Waals surface area contributed by atoms with E-state index in [1.54, 1.807) is 18.2 Å². The molecule has 0 aromatic heterocycles. The van der Waals surface area contributed by atoms with Crippen LogP contribution < -0.4 is 10.5 Å². The van der Waals surface area contributed by atoms with Crippen LogP contribution in [0.5, 0.6) is 5.75 Å². The van der Waals surface area contributed by atoms with Crippen LogP contribution in [0.1, 0.15) is 11.1 Å². The Morgan fingerprint density at radius 2 is 1.84 bits per heavy atom. The van der Waals surface area contributed by atoms with Crippen molar-refractivity contribution in [1.29, 1.82) is 0 Å². The van der Waals surface area contributed by atoms with Crippen molar-refractivity contribution in [2.45, 2.75) is 13.2 Å². The Balaban J connectivity index is 2.19. The highest BCUT2D eigenvalue weighted by Crippen LogP contribution is 2.26. The van der Waals surface area contributed by atoms with Crippen molar-refractivity contribution in [3.8, 4) is 5.75 Å². The molecule has 2 nitrogen and oxygen atoms in total. The minimum atomic E-state index is -0.904. The summed E-state index contributed by atoms with van der Waals surface area (Å²) in [5, 5.41) is 0.486. The van der Waals surface area contributed by atoms with E-state index in [1.807, 2.05) is 0 Å². The summed E-state index contributed by atoms with van der Waals surface area (Å²) >= 11 is 5.97. The summed E-state index contributed by atoms with van der Waals surface area (Å²) in [5.74, 6) is -1.33. The van der Waals surface area contributed by atoms with Gasteiger partial charge in [-0.2, -0.15) is 0 Å². The molecule has 0 atom stereocenters. The second-order valence-corrected chi connectivity index (χ2v) is 4.33. The number of hydrogen-bond donors (Lipinski definition) is 1. The highest BCUT2D eigenvalue weighted by Gasteiger charge is 2.10. The van der Waals surface area contributed by atoms with Crippen molar-refractivity contribution in [2.75, 3.05) is 0 Å². The van der Waals surface area contributed by atoms with Gasteiger partial charge in [0.05, 0.1) is 0 Å². The van der Waals surface area contributed by atoms with Crippen molar-refractivity contribution in [1.82, 2.24) is 0 Å². The molecule has 0 saturated carbocycles. The predicted molar refractivity (Wildman–Crippen MR) is 70.0 cm³/mol. The number of rotatable bonds is 4. The molecule has 0 fully saturated rings. The average molecular weight is 284 g/mol. The van der Waals surface area contributed by atoms with Crippen LogP contribution >= 0.6 is 11.6 Å². The Hall–Kier alpha value is -1.65. The molecule has 0 radical (unpaired) electrons. The Labute approximate surface area is 114 Å². The fourth-order valence-electron chi connectivity index (χ4n) is 1.69.